The second kappa shape index (κ2) is 6.77. The molecule has 4 aromatic rings. The van der Waals surface area contributed by atoms with Crippen molar-refractivity contribution >= 4 is 32.0 Å². The molecule has 8 nitrogen and oxygen atoms in total. The highest BCUT2D eigenvalue weighted by Gasteiger charge is 2.18. The molecule has 2 heterocycles. The highest BCUT2D eigenvalue weighted by Crippen LogP contribution is 2.19. The second-order valence-electron chi connectivity index (χ2n) is 6.28. The van der Waals surface area contributed by atoms with E-state index in [2.05, 4.69) is 9.71 Å². The van der Waals surface area contributed by atoms with E-state index >= 15 is 0 Å². The first-order chi connectivity index (χ1) is 13.4. The Labute approximate surface area is 159 Å². The van der Waals surface area contributed by atoms with Crippen molar-refractivity contribution in [3.8, 4) is 0 Å². The van der Waals surface area contributed by atoms with E-state index in [1.54, 1.807) is 25.1 Å². The fraction of sp³-hybridized carbons (Fsp3) is 0.158. The number of benzene rings is 2. The molecular formula is C19H17N3O5S. The number of hydrogen-bond donors (Lipinski definition) is 2. The normalized spacial score (nSPS) is 12.0. The molecule has 0 radical (unpaired) electrons. The molecule has 0 unspecified atom stereocenters. The van der Waals surface area contributed by atoms with E-state index in [1.165, 1.54) is 22.8 Å². The molecule has 2 aromatic carbocycles. The van der Waals surface area contributed by atoms with Crippen LogP contribution >= 0.6 is 0 Å². The van der Waals surface area contributed by atoms with Gasteiger partial charge in [0.05, 0.1) is 10.4 Å². The minimum Gasteiger partial charge on any atom is -0.408 e. The van der Waals surface area contributed by atoms with Gasteiger partial charge in [-0.3, -0.25) is 9.36 Å². The summed E-state index contributed by atoms with van der Waals surface area (Å²) in [6.45, 7) is 2.05. The van der Waals surface area contributed by atoms with Gasteiger partial charge in [0, 0.05) is 30.2 Å². The highest BCUT2D eigenvalue weighted by atomic mass is 32.2. The standard InChI is InChI=1S/C19H17N3O5S/c1-2-22-16-8-7-14(10-17(16)27-19(22)24)28(25,26)20-11-13-9-12-5-3-4-6-15(12)21-18(13)23/h3-10,20H,2,11H2,1H3,(H,21,23). The minimum atomic E-state index is -3.90. The van der Waals surface area contributed by atoms with E-state index in [1.807, 2.05) is 12.1 Å². The Balaban J connectivity index is 1.64. The van der Waals surface area contributed by atoms with Crippen molar-refractivity contribution in [3.63, 3.8) is 0 Å². The summed E-state index contributed by atoms with van der Waals surface area (Å²) >= 11 is 0. The molecule has 0 fully saturated rings. The first kappa shape index (κ1) is 18.2. The Hall–Kier alpha value is -3.17. The van der Waals surface area contributed by atoms with E-state index in [-0.39, 0.29) is 22.6 Å². The minimum absolute atomic E-state index is 0.0470. The molecular weight excluding hydrogens is 382 g/mol. The zero-order valence-corrected chi connectivity index (χ0v) is 15.7. The third kappa shape index (κ3) is 3.14. The Morgan fingerprint density at radius 3 is 2.68 bits per heavy atom. The molecule has 0 amide bonds. The summed E-state index contributed by atoms with van der Waals surface area (Å²) in [6.07, 6.45) is 0. The van der Waals surface area contributed by atoms with Crippen LogP contribution in [0.1, 0.15) is 12.5 Å². The number of hydrogen-bond acceptors (Lipinski definition) is 5. The summed E-state index contributed by atoms with van der Waals surface area (Å²) in [4.78, 5) is 26.7. The number of nitrogens with zero attached hydrogens (tertiary/aromatic N) is 1. The van der Waals surface area contributed by atoms with Crippen molar-refractivity contribution in [1.29, 1.82) is 0 Å². The molecule has 0 aliphatic heterocycles. The van der Waals surface area contributed by atoms with Crippen LogP contribution in [-0.2, 0) is 23.1 Å². The largest absolute Gasteiger partial charge is 0.419 e. The van der Waals surface area contributed by atoms with Gasteiger partial charge in [-0.2, -0.15) is 0 Å². The third-order valence-corrected chi connectivity index (χ3v) is 5.95. The second-order valence-corrected chi connectivity index (χ2v) is 8.04. The van der Waals surface area contributed by atoms with Gasteiger partial charge < -0.3 is 9.40 Å². The summed E-state index contributed by atoms with van der Waals surface area (Å²) in [5.74, 6) is -0.539. The fourth-order valence-electron chi connectivity index (χ4n) is 3.09. The number of aromatic amines is 1. The predicted molar refractivity (Wildman–Crippen MR) is 105 cm³/mol. The smallest absolute Gasteiger partial charge is 0.408 e. The lowest BCUT2D eigenvalue weighted by molar-refractivity contribution is 0.512. The van der Waals surface area contributed by atoms with Gasteiger partial charge in [0.1, 0.15) is 0 Å². The molecule has 144 valence electrons. The van der Waals surface area contributed by atoms with Crippen LogP contribution in [0.3, 0.4) is 0 Å². The Morgan fingerprint density at radius 1 is 1.11 bits per heavy atom. The van der Waals surface area contributed by atoms with Gasteiger partial charge in [0.15, 0.2) is 5.58 Å². The maximum atomic E-state index is 12.6. The Kier molecular flexibility index (Phi) is 4.40. The lowest BCUT2D eigenvalue weighted by atomic mass is 10.1. The summed E-state index contributed by atoms with van der Waals surface area (Å²) in [7, 11) is -3.90. The molecule has 28 heavy (non-hydrogen) atoms. The van der Waals surface area contributed by atoms with E-state index in [0.29, 0.717) is 23.1 Å². The third-order valence-electron chi connectivity index (χ3n) is 4.55. The molecule has 4 rings (SSSR count). The van der Waals surface area contributed by atoms with Crippen LogP contribution in [0.2, 0.25) is 0 Å². The number of sulfonamides is 1. The van der Waals surface area contributed by atoms with Gasteiger partial charge in [-0.15, -0.1) is 0 Å². The average Bonchev–Trinajstić information content (AvgIpc) is 3.00. The van der Waals surface area contributed by atoms with Crippen molar-refractivity contribution in [3.05, 3.63) is 75.0 Å². The first-order valence-electron chi connectivity index (χ1n) is 8.63. The van der Waals surface area contributed by atoms with Crippen LogP contribution < -0.4 is 16.0 Å². The monoisotopic (exact) mass is 399 g/mol. The van der Waals surface area contributed by atoms with E-state index < -0.39 is 15.8 Å². The predicted octanol–water partition coefficient (Wildman–Crippen LogP) is 1.93. The average molecular weight is 399 g/mol. The Bertz CT molecular complexity index is 1410. The number of fused-ring (bicyclic) bond motifs is 2. The van der Waals surface area contributed by atoms with E-state index in [9.17, 15) is 18.0 Å². The van der Waals surface area contributed by atoms with E-state index in [4.69, 9.17) is 4.42 Å². The number of aryl methyl sites for hydroxylation is 1. The molecule has 0 atom stereocenters. The van der Waals surface area contributed by atoms with Crippen LogP contribution in [0.25, 0.3) is 22.0 Å². The SMILES string of the molecule is CCn1c(=O)oc2cc(S(=O)(=O)NCc3cc4ccccc4[nH]c3=O)ccc21. The molecule has 2 N–H and O–H groups in total. The van der Waals surface area contributed by atoms with Gasteiger partial charge in [0.2, 0.25) is 10.0 Å². The van der Waals surface area contributed by atoms with Gasteiger partial charge in [-0.25, -0.2) is 17.9 Å². The molecule has 2 aromatic heterocycles. The first-order valence-corrected chi connectivity index (χ1v) is 10.1. The molecule has 0 saturated carbocycles. The van der Waals surface area contributed by atoms with Gasteiger partial charge in [-0.05, 0) is 36.6 Å². The molecule has 0 bridgehead atoms. The zero-order chi connectivity index (χ0) is 19.9. The lowest BCUT2D eigenvalue weighted by Crippen LogP contribution is -2.27. The number of pyridine rings is 1. The van der Waals surface area contributed by atoms with Crippen molar-refractivity contribution in [2.45, 2.75) is 24.9 Å². The summed E-state index contributed by atoms with van der Waals surface area (Å²) < 4.78 is 34.2. The van der Waals surface area contributed by atoms with Gasteiger partial charge in [-0.1, -0.05) is 18.2 Å². The van der Waals surface area contributed by atoms with Gasteiger partial charge in [0.25, 0.3) is 5.56 Å². The molecule has 0 saturated heterocycles. The van der Waals surface area contributed by atoms with Crippen LogP contribution in [0, 0.1) is 0 Å². The molecule has 0 aliphatic rings. The summed E-state index contributed by atoms with van der Waals surface area (Å²) in [5.41, 5.74) is 1.34. The Morgan fingerprint density at radius 2 is 1.89 bits per heavy atom. The lowest BCUT2D eigenvalue weighted by Gasteiger charge is -2.07. The number of oxazole rings is 1. The van der Waals surface area contributed by atoms with Crippen LogP contribution in [0.5, 0.6) is 0 Å². The topological polar surface area (TPSA) is 114 Å². The molecule has 9 heteroatoms. The number of nitrogens with one attached hydrogen (secondary N) is 2. The number of para-hydroxylation sites is 1. The molecule has 0 spiro atoms. The maximum absolute atomic E-state index is 12.6. The van der Waals surface area contributed by atoms with Crippen molar-refractivity contribution < 1.29 is 12.8 Å². The van der Waals surface area contributed by atoms with E-state index in [0.717, 1.165) is 5.39 Å². The van der Waals surface area contributed by atoms with Crippen LogP contribution in [0.4, 0.5) is 0 Å². The van der Waals surface area contributed by atoms with Crippen molar-refractivity contribution in [2.24, 2.45) is 0 Å². The zero-order valence-electron chi connectivity index (χ0n) is 14.9. The number of rotatable bonds is 5. The highest BCUT2D eigenvalue weighted by molar-refractivity contribution is 7.89. The van der Waals surface area contributed by atoms with Crippen molar-refractivity contribution in [1.82, 2.24) is 14.3 Å². The fourth-order valence-corrected chi connectivity index (χ4v) is 4.11. The number of H-pyrrole nitrogens is 1. The summed E-state index contributed by atoms with van der Waals surface area (Å²) in [5, 5.41) is 0.806. The summed E-state index contributed by atoms with van der Waals surface area (Å²) in [6, 6.07) is 13.1. The molecule has 0 aliphatic carbocycles. The van der Waals surface area contributed by atoms with Crippen molar-refractivity contribution in [2.75, 3.05) is 0 Å². The number of aromatic nitrogens is 2. The maximum Gasteiger partial charge on any atom is 0.419 e. The van der Waals surface area contributed by atoms with Crippen LogP contribution in [0.15, 0.2) is 67.4 Å². The quantitative estimate of drug-likeness (QED) is 0.532. The van der Waals surface area contributed by atoms with Crippen LogP contribution in [-0.4, -0.2) is 18.0 Å². The van der Waals surface area contributed by atoms with Gasteiger partial charge >= 0.3 is 5.76 Å².